The van der Waals surface area contributed by atoms with E-state index in [1.165, 1.54) is 12.1 Å². The lowest BCUT2D eigenvalue weighted by Crippen LogP contribution is -2.12. The molecule has 0 amide bonds. The maximum Gasteiger partial charge on any atom is 0.315 e. The quantitative estimate of drug-likeness (QED) is 0.131. The highest BCUT2D eigenvalue weighted by Crippen LogP contribution is 2.46. The van der Waals surface area contributed by atoms with Crippen LogP contribution in [0, 0.1) is 20.2 Å². The number of nitro benzene ring substituents is 2. The average Bonchev–Trinajstić information content (AvgIpc) is 2.80. The molecule has 0 aliphatic carbocycles. The maximum atomic E-state index is 13.1. The summed E-state index contributed by atoms with van der Waals surface area (Å²) in [4.78, 5) is 46.0. The van der Waals surface area contributed by atoms with Crippen molar-refractivity contribution in [2.45, 2.75) is 0 Å². The zero-order valence-corrected chi connectivity index (χ0v) is 16.5. The Morgan fingerprint density at radius 3 is 1.18 bits per heavy atom. The minimum atomic E-state index is -1.36. The molecular formula is C20H12N2O12. The Morgan fingerprint density at radius 1 is 0.559 bits per heavy atom. The summed E-state index contributed by atoms with van der Waals surface area (Å²) in [6.07, 6.45) is 0. The van der Waals surface area contributed by atoms with Gasteiger partial charge in [-0.15, -0.1) is 0 Å². The van der Waals surface area contributed by atoms with Crippen LogP contribution in [-0.4, -0.2) is 52.1 Å². The highest BCUT2D eigenvalue weighted by Gasteiger charge is 2.32. The van der Waals surface area contributed by atoms with Crippen molar-refractivity contribution in [1.29, 1.82) is 0 Å². The van der Waals surface area contributed by atoms with E-state index in [9.17, 15) is 60.5 Å². The molecule has 34 heavy (non-hydrogen) atoms. The van der Waals surface area contributed by atoms with E-state index in [-0.39, 0.29) is 0 Å². The lowest BCUT2D eigenvalue weighted by Gasteiger charge is -2.12. The Kier molecular flexibility index (Phi) is 5.66. The molecule has 0 aromatic heterocycles. The number of hydrogen-bond acceptors (Lipinski definition) is 12. The highest BCUT2D eigenvalue weighted by molar-refractivity contribution is 6.21. The Hall–Kier alpha value is -5.40. The fourth-order valence-corrected chi connectivity index (χ4v) is 3.06. The molecule has 0 fully saturated rings. The molecule has 3 aromatic carbocycles. The first-order valence-electron chi connectivity index (χ1n) is 8.91. The molecule has 0 saturated carbocycles. The lowest BCUT2D eigenvalue weighted by molar-refractivity contribution is -0.386. The number of phenols is 6. The van der Waals surface area contributed by atoms with E-state index in [2.05, 4.69) is 0 Å². The van der Waals surface area contributed by atoms with Crippen molar-refractivity contribution < 1.29 is 50.1 Å². The molecule has 0 unspecified atom stereocenters. The molecule has 3 aromatic rings. The predicted octanol–water partition coefficient (Wildman–Crippen LogP) is 2.20. The third-order valence-corrected chi connectivity index (χ3v) is 4.75. The molecule has 3 rings (SSSR count). The van der Waals surface area contributed by atoms with Gasteiger partial charge in [-0.2, -0.15) is 0 Å². The van der Waals surface area contributed by atoms with Gasteiger partial charge in [-0.25, -0.2) is 0 Å². The number of ketones is 2. The second-order valence-electron chi connectivity index (χ2n) is 6.70. The summed E-state index contributed by atoms with van der Waals surface area (Å²) in [5.74, 6) is -10.3. The number of hydrogen-bond donors (Lipinski definition) is 6. The number of nitro groups is 2. The molecule has 14 heteroatoms. The number of rotatable bonds is 6. The van der Waals surface area contributed by atoms with Crippen molar-refractivity contribution in [3.8, 4) is 34.5 Å². The zero-order valence-electron chi connectivity index (χ0n) is 16.5. The van der Waals surface area contributed by atoms with Gasteiger partial charge in [0.2, 0.25) is 23.0 Å². The molecule has 0 saturated heterocycles. The molecule has 6 N–H and O–H groups in total. The van der Waals surface area contributed by atoms with Gasteiger partial charge >= 0.3 is 11.4 Å². The second-order valence-corrected chi connectivity index (χ2v) is 6.70. The molecule has 174 valence electrons. The largest absolute Gasteiger partial charge is 0.504 e. The molecule has 0 radical (unpaired) electrons. The van der Waals surface area contributed by atoms with Crippen LogP contribution in [-0.2, 0) is 0 Å². The minimum absolute atomic E-state index is 0.461. The smallest absolute Gasteiger partial charge is 0.315 e. The van der Waals surface area contributed by atoms with E-state index in [1.807, 2.05) is 0 Å². The van der Waals surface area contributed by atoms with Gasteiger partial charge in [-0.1, -0.05) is 24.3 Å². The normalized spacial score (nSPS) is 10.6. The van der Waals surface area contributed by atoms with Crippen LogP contribution >= 0.6 is 0 Å². The van der Waals surface area contributed by atoms with E-state index in [0.717, 1.165) is 12.1 Å². The lowest BCUT2D eigenvalue weighted by atomic mass is 9.92. The molecule has 0 aliphatic rings. The van der Waals surface area contributed by atoms with Gasteiger partial charge < -0.3 is 30.6 Å². The summed E-state index contributed by atoms with van der Waals surface area (Å²) in [7, 11) is 0. The van der Waals surface area contributed by atoms with Crippen molar-refractivity contribution in [1.82, 2.24) is 0 Å². The van der Waals surface area contributed by atoms with Crippen molar-refractivity contribution in [3.63, 3.8) is 0 Å². The first kappa shape index (κ1) is 23.3. The fraction of sp³-hybridized carbons (Fsp3) is 0. The second kappa shape index (κ2) is 8.27. The third kappa shape index (κ3) is 3.60. The number of carbonyl (C=O) groups excluding carboxylic acids is 2. The topological polar surface area (TPSA) is 242 Å². The van der Waals surface area contributed by atoms with Crippen LogP contribution in [0.2, 0.25) is 0 Å². The van der Waals surface area contributed by atoms with Crippen LogP contribution in [0.15, 0.2) is 36.4 Å². The van der Waals surface area contributed by atoms with Crippen LogP contribution in [0.5, 0.6) is 34.5 Å². The molecule has 0 atom stereocenters. The van der Waals surface area contributed by atoms with E-state index in [1.54, 1.807) is 0 Å². The maximum absolute atomic E-state index is 13.1. The Balaban J connectivity index is 2.22. The molecule has 14 nitrogen and oxygen atoms in total. The monoisotopic (exact) mass is 472 g/mol. The molecule has 0 spiro atoms. The van der Waals surface area contributed by atoms with Gasteiger partial charge in [0.25, 0.3) is 0 Å². The zero-order chi connectivity index (χ0) is 25.5. The average molecular weight is 472 g/mol. The summed E-state index contributed by atoms with van der Waals surface area (Å²) in [5.41, 5.74) is -5.05. The Labute approximate surface area is 187 Å². The van der Waals surface area contributed by atoms with Crippen LogP contribution in [0.1, 0.15) is 31.8 Å². The molecular weight excluding hydrogens is 460 g/mol. The summed E-state index contributed by atoms with van der Waals surface area (Å²) in [6, 6.07) is 5.51. The SMILES string of the molecule is O=C(c1ccccc1C(=O)c1cc([N+](=O)[O-])c(O)c(O)c1O)c1cc([N+](=O)[O-])c(O)c(O)c1O. The van der Waals surface area contributed by atoms with Gasteiger partial charge in [-0.05, 0) is 0 Å². The number of nitrogens with zero attached hydrogens (tertiary/aromatic N) is 2. The van der Waals surface area contributed by atoms with Crippen LogP contribution in [0.3, 0.4) is 0 Å². The van der Waals surface area contributed by atoms with Gasteiger partial charge in [0.15, 0.2) is 23.1 Å². The fourth-order valence-electron chi connectivity index (χ4n) is 3.06. The van der Waals surface area contributed by atoms with Crippen LogP contribution in [0.4, 0.5) is 11.4 Å². The molecule has 0 heterocycles. The minimum Gasteiger partial charge on any atom is -0.504 e. The number of benzene rings is 3. The Morgan fingerprint density at radius 2 is 0.882 bits per heavy atom. The summed E-state index contributed by atoms with van der Waals surface area (Å²) in [5, 5.41) is 81.1. The van der Waals surface area contributed by atoms with Crippen molar-refractivity contribution >= 4 is 22.9 Å². The highest BCUT2D eigenvalue weighted by atomic mass is 16.6. The first-order valence-corrected chi connectivity index (χ1v) is 8.91. The van der Waals surface area contributed by atoms with E-state index < -0.39 is 89.5 Å². The van der Waals surface area contributed by atoms with Crippen molar-refractivity contribution in [2.24, 2.45) is 0 Å². The third-order valence-electron chi connectivity index (χ3n) is 4.75. The van der Waals surface area contributed by atoms with Crippen LogP contribution in [0.25, 0.3) is 0 Å². The van der Waals surface area contributed by atoms with Crippen molar-refractivity contribution in [2.75, 3.05) is 0 Å². The van der Waals surface area contributed by atoms with Gasteiger partial charge in [0.1, 0.15) is 0 Å². The molecule has 0 aliphatic heterocycles. The first-order chi connectivity index (χ1) is 15.9. The summed E-state index contributed by atoms with van der Waals surface area (Å²) < 4.78 is 0. The Bertz CT molecular complexity index is 1310. The molecule has 0 bridgehead atoms. The van der Waals surface area contributed by atoms with Crippen molar-refractivity contribution in [3.05, 3.63) is 78.9 Å². The number of phenolic OH excluding ortho intramolecular Hbond substituents is 6. The number of aromatic hydroxyl groups is 6. The standard InChI is InChI=1S/C20H12N2O12/c23-13(9-5-11(21(31)32)17(27)19(29)15(9)25)7-3-1-2-4-8(7)14(24)10-6-12(22(33)34)18(28)20(30)16(10)26/h1-6,25-30H. The van der Waals surface area contributed by atoms with E-state index >= 15 is 0 Å². The predicted molar refractivity (Wildman–Crippen MR) is 109 cm³/mol. The van der Waals surface area contributed by atoms with E-state index in [4.69, 9.17) is 0 Å². The van der Waals surface area contributed by atoms with Gasteiger partial charge in [-0.3, -0.25) is 29.8 Å². The van der Waals surface area contributed by atoms with E-state index in [0.29, 0.717) is 12.1 Å². The summed E-state index contributed by atoms with van der Waals surface area (Å²) in [6.45, 7) is 0. The number of carbonyl (C=O) groups is 2. The van der Waals surface area contributed by atoms with Crippen LogP contribution < -0.4 is 0 Å². The van der Waals surface area contributed by atoms with Gasteiger partial charge in [0.05, 0.1) is 21.0 Å². The summed E-state index contributed by atoms with van der Waals surface area (Å²) >= 11 is 0. The van der Waals surface area contributed by atoms with Gasteiger partial charge in [0, 0.05) is 23.3 Å².